The highest BCUT2D eigenvalue weighted by molar-refractivity contribution is 5.40. The van der Waals surface area contributed by atoms with Crippen LogP contribution in [0.4, 0.5) is 5.69 Å². The molecule has 2 aromatic rings. The molecule has 0 radical (unpaired) electrons. The zero-order valence-electron chi connectivity index (χ0n) is 18.1. The van der Waals surface area contributed by atoms with E-state index in [2.05, 4.69) is 5.32 Å². The highest BCUT2D eigenvalue weighted by atomic mass is 16.5. The van der Waals surface area contributed by atoms with Crippen molar-refractivity contribution in [3.05, 3.63) is 59.2 Å². The van der Waals surface area contributed by atoms with Crippen molar-refractivity contribution in [2.45, 2.75) is 45.0 Å². The number of benzene rings is 2. The van der Waals surface area contributed by atoms with Gasteiger partial charge in [0.25, 0.3) is 0 Å². The molecular formula is C24H36N2O5. The van der Waals surface area contributed by atoms with E-state index < -0.39 is 6.10 Å². The van der Waals surface area contributed by atoms with Gasteiger partial charge in [-0.2, -0.15) is 0 Å². The normalized spacial score (nSPS) is 12.2. The smallest absolute Gasteiger partial charge is 0.121 e. The van der Waals surface area contributed by atoms with Crippen LogP contribution in [0.25, 0.3) is 0 Å². The number of nitrogen functional groups attached to an aromatic ring is 1. The number of hydrogen-bond donors (Lipinski definition) is 5. The second-order valence-electron chi connectivity index (χ2n) is 7.59. The molecule has 1 atom stereocenters. The molecule has 0 aromatic heterocycles. The summed E-state index contributed by atoms with van der Waals surface area (Å²) in [4.78, 5) is 0. The minimum atomic E-state index is -0.666. The summed E-state index contributed by atoms with van der Waals surface area (Å²) in [6.07, 6.45) is 3.60. The van der Waals surface area contributed by atoms with Crippen molar-refractivity contribution in [3.63, 3.8) is 0 Å². The summed E-state index contributed by atoms with van der Waals surface area (Å²) >= 11 is 0. The Kier molecular flexibility index (Phi) is 12.0. The third kappa shape index (κ3) is 10.1. The van der Waals surface area contributed by atoms with Crippen molar-refractivity contribution in [3.8, 4) is 5.75 Å². The van der Waals surface area contributed by atoms with Gasteiger partial charge in [-0.1, -0.05) is 31.0 Å². The topological polar surface area (TPSA) is 117 Å². The molecular weight excluding hydrogens is 396 g/mol. The van der Waals surface area contributed by atoms with E-state index in [1.807, 2.05) is 24.3 Å². The first-order chi connectivity index (χ1) is 15.1. The fraction of sp³-hybridized carbons (Fsp3) is 0.500. The lowest BCUT2D eigenvalue weighted by molar-refractivity contribution is 0.0393. The molecule has 2 rings (SSSR count). The molecule has 0 amide bonds. The van der Waals surface area contributed by atoms with Gasteiger partial charge < -0.3 is 35.8 Å². The van der Waals surface area contributed by atoms with E-state index >= 15 is 0 Å². The Morgan fingerprint density at radius 1 is 0.935 bits per heavy atom. The molecule has 172 valence electrons. The number of hydrogen-bond acceptors (Lipinski definition) is 7. The number of aliphatic hydroxyl groups excluding tert-OH is 2. The van der Waals surface area contributed by atoms with Crippen molar-refractivity contribution in [1.29, 1.82) is 0 Å². The number of anilines is 1. The van der Waals surface area contributed by atoms with Crippen LogP contribution >= 0.6 is 0 Å². The maximum atomic E-state index is 10.2. The summed E-state index contributed by atoms with van der Waals surface area (Å²) in [5.74, 6) is 0.0423. The van der Waals surface area contributed by atoms with Crippen LogP contribution < -0.4 is 11.1 Å². The predicted octanol–water partition coefficient (Wildman–Crippen LogP) is 2.88. The number of rotatable bonds is 16. The molecule has 0 aliphatic carbocycles. The minimum absolute atomic E-state index is 0.0423. The van der Waals surface area contributed by atoms with E-state index in [0.29, 0.717) is 37.5 Å². The first kappa shape index (κ1) is 25.1. The Hall–Kier alpha value is -2.16. The Morgan fingerprint density at radius 3 is 2.55 bits per heavy atom. The van der Waals surface area contributed by atoms with Crippen molar-refractivity contribution >= 4 is 5.69 Å². The molecule has 0 saturated heterocycles. The Labute approximate surface area is 184 Å². The summed E-state index contributed by atoms with van der Waals surface area (Å²) in [5.41, 5.74) is 8.66. The SMILES string of the molecule is Nc1cccc(COCCOCCCCCCNCC(O)c2ccc(O)c(CO)c2)c1. The van der Waals surface area contributed by atoms with Crippen molar-refractivity contribution in [2.75, 3.05) is 38.6 Å². The van der Waals surface area contributed by atoms with Crippen molar-refractivity contribution in [2.24, 2.45) is 0 Å². The number of ether oxygens (including phenoxy) is 2. The molecule has 7 nitrogen and oxygen atoms in total. The number of aliphatic hydroxyl groups is 2. The highest BCUT2D eigenvalue weighted by Gasteiger charge is 2.09. The van der Waals surface area contributed by atoms with Crippen LogP contribution in [-0.2, 0) is 22.7 Å². The molecule has 0 heterocycles. The second kappa shape index (κ2) is 14.8. The number of aromatic hydroxyl groups is 1. The van der Waals surface area contributed by atoms with Crippen LogP contribution in [0.15, 0.2) is 42.5 Å². The third-order valence-corrected chi connectivity index (χ3v) is 4.98. The van der Waals surface area contributed by atoms with E-state index in [4.69, 9.17) is 15.2 Å². The monoisotopic (exact) mass is 432 g/mol. The Bertz CT molecular complexity index is 756. The molecule has 0 aliphatic heterocycles. The van der Waals surface area contributed by atoms with E-state index in [0.717, 1.165) is 50.1 Å². The lowest BCUT2D eigenvalue weighted by Crippen LogP contribution is -2.22. The molecule has 0 bridgehead atoms. The maximum Gasteiger partial charge on any atom is 0.121 e. The molecule has 0 saturated carbocycles. The van der Waals surface area contributed by atoms with Crippen molar-refractivity contribution < 1.29 is 24.8 Å². The lowest BCUT2D eigenvalue weighted by atomic mass is 10.1. The van der Waals surface area contributed by atoms with Gasteiger partial charge in [0, 0.05) is 24.4 Å². The largest absolute Gasteiger partial charge is 0.508 e. The van der Waals surface area contributed by atoms with Crippen LogP contribution in [0.5, 0.6) is 5.75 Å². The standard InChI is InChI=1S/C24H36N2O5/c25-22-7-5-6-19(14-22)18-31-13-12-30-11-4-2-1-3-10-26-16-24(29)20-8-9-23(28)21(15-20)17-27/h5-9,14-15,24,26-29H,1-4,10-13,16-18,25H2. The summed E-state index contributed by atoms with van der Waals surface area (Å²) in [7, 11) is 0. The van der Waals surface area contributed by atoms with E-state index in [1.54, 1.807) is 12.1 Å². The number of nitrogens with two attached hydrogens (primary N) is 1. The summed E-state index contributed by atoms with van der Waals surface area (Å²) < 4.78 is 11.2. The van der Waals surface area contributed by atoms with E-state index in [1.165, 1.54) is 6.07 Å². The molecule has 0 fully saturated rings. The first-order valence-electron chi connectivity index (χ1n) is 10.9. The van der Waals surface area contributed by atoms with Crippen molar-refractivity contribution in [1.82, 2.24) is 5.32 Å². The van der Waals surface area contributed by atoms with Gasteiger partial charge in [-0.25, -0.2) is 0 Å². The van der Waals surface area contributed by atoms with Crippen LogP contribution in [0.2, 0.25) is 0 Å². The molecule has 0 aliphatic rings. The second-order valence-corrected chi connectivity index (χ2v) is 7.59. The van der Waals surface area contributed by atoms with Gasteiger partial charge in [-0.3, -0.25) is 0 Å². The van der Waals surface area contributed by atoms with Crippen LogP contribution in [0.3, 0.4) is 0 Å². The summed E-state index contributed by atoms with van der Waals surface area (Å²) in [6.45, 7) is 3.47. The van der Waals surface area contributed by atoms with Gasteiger partial charge >= 0.3 is 0 Å². The van der Waals surface area contributed by atoms with Gasteiger partial charge in [0.15, 0.2) is 0 Å². The Balaban J connectivity index is 1.39. The number of nitrogens with one attached hydrogen (secondary N) is 1. The van der Waals surface area contributed by atoms with E-state index in [-0.39, 0.29) is 12.4 Å². The fourth-order valence-corrected chi connectivity index (χ4v) is 3.20. The van der Waals surface area contributed by atoms with Gasteiger partial charge in [0.1, 0.15) is 5.75 Å². The summed E-state index contributed by atoms with van der Waals surface area (Å²) in [5, 5.41) is 32.2. The van der Waals surface area contributed by atoms with Gasteiger partial charge in [-0.05, 0) is 54.8 Å². The minimum Gasteiger partial charge on any atom is -0.508 e. The van der Waals surface area contributed by atoms with Gasteiger partial charge in [0.05, 0.1) is 32.5 Å². The van der Waals surface area contributed by atoms with Crippen LogP contribution in [0.1, 0.15) is 48.5 Å². The zero-order valence-corrected chi connectivity index (χ0v) is 18.1. The fourth-order valence-electron chi connectivity index (χ4n) is 3.20. The summed E-state index contributed by atoms with van der Waals surface area (Å²) in [6, 6.07) is 12.5. The third-order valence-electron chi connectivity index (χ3n) is 4.98. The van der Waals surface area contributed by atoms with Gasteiger partial charge in [-0.15, -0.1) is 0 Å². The van der Waals surface area contributed by atoms with E-state index in [9.17, 15) is 15.3 Å². The Morgan fingerprint density at radius 2 is 1.74 bits per heavy atom. The number of phenols is 1. The zero-order chi connectivity index (χ0) is 22.3. The molecule has 0 spiro atoms. The average Bonchev–Trinajstić information content (AvgIpc) is 2.77. The molecule has 2 aromatic carbocycles. The maximum absolute atomic E-state index is 10.2. The predicted molar refractivity (Wildman–Crippen MR) is 122 cm³/mol. The van der Waals surface area contributed by atoms with Crippen LogP contribution in [0, 0.1) is 0 Å². The molecule has 6 N–H and O–H groups in total. The number of unbranched alkanes of at least 4 members (excludes halogenated alkanes) is 3. The van der Waals surface area contributed by atoms with Gasteiger partial charge in [0.2, 0.25) is 0 Å². The quantitative estimate of drug-likeness (QED) is 0.204. The first-order valence-corrected chi connectivity index (χ1v) is 10.9. The molecule has 1 unspecified atom stereocenters. The molecule has 7 heteroatoms. The van der Waals surface area contributed by atoms with Crippen LogP contribution in [-0.4, -0.2) is 48.2 Å². The lowest BCUT2D eigenvalue weighted by Gasteiger charge is -2.14. The highest BCUT2D eigenvalue weighted by Crippen LogP contribution is 2.22. The average molecular weight is 433 g/mol. The molecule has 31 heavy (non-hydrogen) atoms.